The van der Waals surface area contributed by atoms with Crippen LogP contribution in [0.4, 0.5) is 4.79 Å². The average molecular weight is 423 g/mol. The summed E-state index contributed by atoms with van der Waals surface area (Å²) < 4.78 is -0.114. The molecule has 1 aliphatic heterocycles. The molecule has 1 aromatic rings. The number of carbonyl (C=O) groups is 1. The molecule has 1 unspecified atom stereocenters. The first-order valence-corrected chi connectivity index (χ1v) is 10.6. The Labute approximate surface area is 174 Å². The number of aromatic hydroxyl groups is 1. The number of carbonyl (C=O) groups excluding carboxylic acids is 1. The third-order valence-corrected chi connectivity index (χ3v) is 6.56. The first-order chi connectivity index (χ1) is 13.3. The van der Waals surface area contributed by atoms with Crippen molar-refractivity contribution >= 4 is 40.5 Å². The van der Waals surface area contributed by atoms with E-state index >= 15 is 0 Å². The summed E-state index contributed by atoms with van der Waals surface area (Å²) in [5.41, 5.74) is 0.523. The van der Waals surface area contributed by atoms with Gasteiger partial charge in [-0.05, 0) is 38.8 Å². The molecule has 28 heavy (non-hydrogen) atoms. The predicted molar refractivity (Wildman–Crippen MR) is 115 cm³/mol. The highest BCUT2D eigenvalue weighted by atomic mass is 32.2. The standard InChI is InChI=1S/C19H26N4O3S2/c1-19(2)16(23(26)17(25)21-14-9-4-3-5-10-14)22(18(27)28-19)20-12-13-8-6-7-11-15(13)24/h6-8,11-12,14,16,24,26H,3-5,9-10H2,1-2H3,(H,21,25). The SMILES string of the molecule is CC1(C)SC(=S)N(N=Cc2ccccc2O)C1N(O)C(=O)NC1CCCCC1. The molecule has 152 valence electrons. The summed E-state index contributed by atoms with van der Waals surface area (Å²) in [5.74, 6) is 0.0933. The van der Waals surface area contributed by atoms with Crippen molar-refractivity contribution in [3.63, 3.8) is 0 Å². The fourth-order valence-electron chi connectivity index (χ4n) is 3.55. The number of amides is 2. The maximum Gasteiger partial charge on any atom is 0.343 e. The average Bonchev–Trinajstić information content (AvgIpc) is 2.89. The van der Waals surface area contributed by atoms with E-state index in [-0.39, 0.29) is 11.8 Å². The number of nitrogens with one attached hydrogen (secondary N) is 1. The molecular weight excluding hydrogens is 396 g/mol. The second-order valence-corrected chi connectivity index (χ2v) is 9.91. The summed E-state index contributed by atoms with van der Waals surface area (Å²) in [6.07, 6.45) is 5.92. The van der Waals surface area contributed by atoms with Gasteiger partial charge in [0.05, 0.1) is 11.0 Å². The van der Waals surface area contributed by atoms with Gasteiger partial charge in [0.2, 0.25) is 0 Å². The van der Waals surface area contributed by atoms with Gasteiger partial charge in [-0.15, -0.1) is 0 Å². The summed E-state index contributed by atoms with van der Waals surface area (Å²) in [4.78, 5) is 12.7. The van der Waals surface area contributed by atoms with Crippen molar-refractivity contribution < 1.29 is 15.1 Å². The van der Waals surface area contributed by atoms with Gasteiger partial charge in [-0.2, -0.15) is 10.2 Å². The predicted octanol–water partition coefficient (Wildman–Crippen LogP) is 3.90. The van der Waals surface area contributed by atoms with Gasteiger partial charge in [-0.1, -0.05) is 55.4 Å². The highest BCUT2D eigenvalue weighted by Gasteiger charge is 2.50. The Morgan fingerprint density at radius 2 is 2.04 bits per heavy atom. The fourth-order valence-corrected chi connectivity index (χ4v) is 5.33. The van der Waals surface area contributed by atoms with Crippen LogP contribution in [0, 0.1) is 0 Å². The lowest BCUT2D eigenvalue weighted by Crippen LogP contribution is -2.57. The van der Waals surface area contributed by atoms with Crippen LogP contribution in [0.15, 0.2) is 29.4 Å². The van der Waals surface area contributed by atoms with E-state index in [1.165, 1.54) is 29.4 Å². The van der Waals surface area contributed by atoms with Crippen molar-refractivity contribution in [2.24, 2.45) is 5.10 Å². The molecule has 1 saturated carbocycles. The van der Waals surface area contributed by atoms with Crippen molar-refractivity contribution in [2.45, 2.75) is 62.9 Å². The Kier molecular flexibility index (Phi) is 6.47. The molecule has 2 amide bonds. The topological polar surface area (TPSA) is 88.4 Å². The first kappa shape index (κ1) is 20.9. The van der Waals surface area contributed by atoms with E-state index in [1.807, 2.05) is 13.8 Å². The van der Waals surface area contributed by atoms with E-state index in [1.54, 1.807) is 24.3 Å². The Balaban J connectivity index is 1.77. The smallest absolute Gasteiger partial charge is 0.343 e. The van der Waals surface area contributed by atoms with Crippen molar-refractivity contribution in [3.05, 3.63) is 29.8 Å². The molecule has 0 aromatic heterocycles. The molecule has 2 fully saturated rings. The van der Waals surface area contributed by atoms with Crippen LogP contribution in [-0.2, 0) is 0 Å². The van der Waals surface area contributed by atoms with Crippen LogP contribution in [0.25, 0.3) is 0 Å². The number of hydrazone groups is 1. The van der Waals surface area contributed by atoms with Crippen molar-refractivity contribution in [2.75, 3.05) is 0 Å². The monoisotopic (exact) mass is 422 g/mol. The Morgan fingerprint density at radius 3 is 2.71 bits per heavy atom. The van der Waals surface area contributed by atoms with Gasteiger partial charge >= 0.3 is 6.03 Å². The zero-order chi connectivity index (χ0) is 20.3. The molecule has 0 bridgehead atoms. The van der Waals surface area contributed by atoms with E-state index in [2.05, 4.69) is 10.4 Å². The zero-order valence-corrected chi connectivity index (χ0v) is 17.7. The molecular formula is C19H26N4O3S2. The lowest BCUT2D eigenvalue weighted by Gasteiger charge is -2.35. The van der Waals surface area contributed by atoms with Crippen LogP contribution in [0.1, 0.15) is 51.5 Å². The maximum atomic E-state index is 12.7. The molecule has 3 rings (SSSR count). The number of hydroxylamine groups is 2. The van der Waals surface area contributed by atoms with E-state index in [0.717, 1.165) is 25.7 Å². The lowest BCUT2D eigenvalue weighted by atomic mass is 9.96. The van der Waals surface area contributed by atoms with Crippen LogP contribution in [0.3, 0.4) is 0 Å². The van der Waals surface area contributed by atoms with E-state index in [4.69, 9.17) is 12.2 Å². The summed E-state index contributed by atoms with van der Waals surface area (Å²) in [7, 11) is 0. The number of thioether (sulfide) groups is 1. The van der Waals surface area contributed by atoms with Gasteiger partial charge in [0.1, 0.15) is 5.75 Å². The highest BCUT2D eigenvalue weighted by Crippen LogP contribution is 2.42. The van der Waals surface area contributed by atoms with Crippen molar-refractivity contribution in [1.29, 1.82) is 0 Å². The molecule has 0 spiro atoms. The van der Waals surface area contributed by atoms with Crippen LogP contribution >= 0.6 is 24.0 Å². The molecule has 0 radical (unpaired) electrons. The minimum atomic E-state index is -0.768. The number of hydrogen-bond donors (Lipinski definition) is 3. The van der Waals surface area contributed by atoms with Gasteiger partial charge in [0, 0.05) is 11.6 Å². The fraction of sp³-hybridized carbons (Fsp3) is 0.526. The molecule has 1 heterocycles. The van der Waals surface area contributed by atoms with Gasteiger partial charge in [-0.25, -0.2) is 9.80 Å². The number of urea groups is 1. The van der Waals surface area contributed by atoms with Gasteiger partial charge < -0.3 is 10.4 Å². The molecule has 3 N–H and O–H groups in total. The zero-order valence-electron chi connectivity index (χ0n) is 16.0. The highest BCUT2D eigenvalue weighted by molar-refractivity contribution is 8.24. The Hall–Kier alpha value is -1.84. The van der Waals surface area contributed by atoms with E-state index in [0.29, 0.717) is 14.9 Å². The number of nitrogens with zero attached hydrogens (tertiary/aromatic N) is 3. The van der Waals surface area contributed by atoms with E-state index in [9.17, 15) is 15.1 Å². The number of para-hydroxylation sites is 1. The molecule has 1 atom stereocenters. The summed E-state index contributed by atoms with van der Waals surface area (Å²) in [6, 6.07) is 6.33. The molecule has 1 aromatic carbocycles. The number of phenols is 1. The quantitative estimate of drug-likeness (QED) is 0.295. The van der Waals surface area contributed by atoms with Gasteiger partial charge in [0.15, 0.2) is 10.5 Å². The molecule has 1 saturated heterocycles. The van der Waals surface area contributed by atoms with E-state index < -0.39 is 16.9 Å². The molecule has 2 aliphatic rings. The number of hydrogen-bond acceptors (Lipinski definition) is 6. The van der Waals surface area contributed by atoms with Crippen LogP contribution in [-0.4, -0.2) is 53.9 Å². The van der Waals surface area contributed by atoms with Gasteiger partial charge in [-0.3, -0.25) is 5.21 Å². The largest absolute Gasteiger partial charge is 0.507 e. The lowest BCUT2D eigenvalue weighted by molar-refractivity contribution is -0.119. The third-order valence-electron chi connectivity index (χ3n) is 5.02. The number of benzene rings is 1. The van der Waals surface area contributed by atoms with Gasteiger partial charge in [0.25, 0.3) is 0 Å². The minimum absolute atomic E-state index is 0.0817. The Morgan fingerprint density at radius 1 is 1.36 bits per heavy atom. The maximum absolute atomic E-state index is 12.7. The number of phenolic OH excluding ortho intramolecular Hbond substituents is 1. The molecule has 9 heteroatoms. The normalized spacial score (nSPS) is 22.6. The van der Waals surface area contributed by atoms with Crippen LogP contribution in [0.2, 0.25) is 0 Å². The molecule has 1 aliphatic carbocycles. The van der Waals surface area contributed by atoms with Crippen LogP contribution < -0.4 is 5.32 Å². The van der Waals surface area contributed by atoms with Crippen molar-refractivity contribution in [1.82, 2.24) is 15.4 Å². The second-order valence-electron chi connectivity index (χ2n) is 7.62. The number of thiocarbonyl (C=S) groups is 1. The Bertz CT molecular complexity index is 765. The summed E-state index contributed by atoms with van der Waals surface area (Å²) in [5, 5.41) is 30.1. The first-order valence-electron chi connectivity index (χ1n) is 9.42. The number of rotatable bonds is 4. The summed E-state index contributed by atoms with van der Waals surface area (Å²) in [6.45, 7) is 3.81. The summed E-state index contributed by atoms with van der Waals surface area (Å²) >= 11 is 6.79. The minimum Gasteiger partial charge on any atom is -0.507 e. The van der Waals surface area contributed by atoms with Crippen molar-refractivity contribution in [3.8, 4) is 5.75 Å². The van der Waals surface area contributed by atoms with Crippen LogP contribution in [0.5, 0.6) is 5.75 Å². The second kappa shape index (κ2) is 8.67. The molecule has 7 nitrogen and oxygen atoms in total. The third kappa shape index (κ3) is 4.59.